The third-order valence-electron chi connectivity index (χ3n) is 12.6. The Morgan fingerprint density at radius 1 is 0.431 bits per heavy atom. The summed E-state index contributed by atoms with van der Waals surface area (Å²) in [7, 11) is 0. The number of benzene rings is 5. The van der Waals surface area contributed by atoms with Crippen LogP contribution in [0.15, 0.2) is 152 Å². The van der Waals surface area contributed by atoms with Crippen molar-refractivity contribution in [3.05, 3.63) is 163 Å². The summed E-state index contributed by atoms with van der Waals surface area (Å²) in [5, 5.41) is -0.0513. The highest BCUT2D eigenvalue weighted by molar-refractivity contribution is 6.73. The number of aromatic nitrogens is 2. The Morgan fingerprint density at radius 3 is 1.14 bits per heavy atom. The van der Waals surface area contributed by atoms with Crippen LogP contribution in [0.3, 0.4) is 0 Å². The van der Waals surface area contributed by atoms with Crippen molar-refractivity contribution in [1.29, 1.82) is 0 Å². The number of hydrogen-bond acceptors (Lipinski definition) is 3. The predicted molar refractivity (Wildman–Crippen MR) is 247 cm³/mol. The van der Waals surface area contributed by atoms with Gasteiger partial charge < -0.3 is 4.65 Å². The number of hydrogen-bond donors (Lipinski definition) is 0. The molecular formula is C54H55BN2O. The lowest BCUT2D eigenvalue weighted by Crippen LogP contribution is -2.66. The molecule has 5 aromatic carbocycles. The molecule has 0 unspecified atom stereocenters. The molecule has 1 saturated heterocycles. The molecule has 0 spiro atoms. The minimum Gasteiger partial charge on any atom is -0.425 e. The minimum atomic E-state index is -0.227. The van der Waals surface area contributed by atoms with Gasteiger partial charge in [-0.2, -0.15) is 0 Å². The van der Waals surface area contributed by atoms with Crippen LogP contribution in [0.2, 0.25) is 5.31 Å². The van der Waals surface area contributed by atoms with Gasteiger partial charge in [-0.1, -0.05) is 165 Å². The molecule has 290 valence electrons. The quantitative estimate of drug-likeness (QED) is 0.152. The van der Waals surface area contributed by atoms with E-state index in [-0.39, 0.29) is 28.7 Å². The van der Waals surface area contributed by atoms with Gasteiger partial charge in [0, 0.05) is 34.4 Å². The largest absolute Gasteiger partial charge is 0.425 e. The number of nitrogens with zero attached hydrogens (tertiary/aromatic N) is 2. The molecule has 2 aromatic heterocycles. The molecule has 0 aliphatic carbocycles. The Balaban J connectivity index is 1.20. The average molecular weight is 759 g/mol. The van der Waals surface area contributed by atoms with Crippen LogP contribution in [-0.4, -0.2) is 22.5 Å². The van der Waals surface area contributed by atoms with Crippen LogP contribution in [-0.2, 0) is 15.5 Å². The highest BCUT2D eigenvalue weighted by Crippen LogP contribution is 2.53. The Labute approximate surface area is 346 Å². The lowest BCUT2D eigenvalue weighted by molar-refractivity contribution is -0.00939. The SMILES string of the molecule is CC(C)(C)c1ccnc(-c2ccc(-c3ccccc3-c3cc(B4OC(C)(C)C4(C)C)cc(-c4ccccc4-c4ccc(-c5cc(C(C)(C)C)ccn5)cc4)c3)cc2)c1. The summed E-state index contributed by atoms with van der Waals surface area (Å²) < 4.78 is 6.70. The first-order chi connectivity index (χ1) is 27.5. The third-order valence-corrected chi connectivity index (χ3v) is 12.6. The molecule has 0 radical (unpaired) electrons. The molecule has 7 aromatic rings. The van der Waals surface area contributed by atoms with E-state index in [1.54, 1.807) is 0 Å². The van der Waals surface area contributed by atoms with Gasteiger partial charge in [0.25, 0.3) is 0 Å². The Hall–Kier alpha value is -5.58. The van der Waals surface area contributed by atoms with E-state index in [1.165, 1.54) is 61.1 Å². The van der Waals surface area contributed by atoms with Gasteiger partial charge >= 0.3 is 6.92 Å². The standard InChI is InChI=1S/C54H55BN2O/c1-51(2,3)42-27-29-56-49(34-42)38-23-19-36(20-24-38)45-15-11-13-17-47(45)40-31-41(33-44(32-40)55-53(7,8)54(9,10)58-55)48-18-14-12-16-46(48)37-21-25-39(26-22-37)50-35-43(28-30-57-50)52(4,5)6/h11-35H,1-10H3. The van der Waals surface area contributed by atoms with Gasteiger partial charge in [0.1, 0.15) is 0 Å². The van der Waals surface area contributed by atoms with Crippen molar-refractivity contribution in [3.8, 4) is 67.0 Å². The first-order valence-corrected chi connectivity index (χ1v) is 20.7. The zero-order chi connectivity index (χ0) is 41.0. The highest BCUT2D eigenvalue weighted by atomic mass is 16.5. The molecule has 0 amide bonds. The van der Waals surface area contributed by atoms with Crippen molar-refractivity contribution >= 4 is 12.4 Å². The van der Waals surface area contributed by atoms with Gasteiger partial charge in [0.2, 0.25) is 0 Å². The average Bonchev–Trinajstić information content (AvgIpc) is 3.22. The van der Waals surface area contributed by atoms with Gasteiger partial charge in [-0.15, -0.1) is 0 Å². The van der Waals surface area contributed by atoms with Crippen LogP contribution in [0.4, 0.5) is 0 Å². The predicted octanol–water partition coefficient (Wildman–Crippen LogP) is 13.9. The molecule has 3 heterocycles. The van der Waals surface area contributed by atoms with Crippen molar-refractivity contribution in [1.82, 2.24) is 9.97 Å². The van der Waals surface area contributed by atoms with Gasteiger partial charge in [0.15, 0.2) is 0 Å². The van der Waals surface area contributed by atoms with E-state index in [0.29, 0.717) is 0 Å². The van der Waals surface area contributed by atoms with Gasteiger partial charge in [-0.3, -0.25) is 9.97 Å². The fourth-order valence-electron chi connectivity index (χ4n) is 8.17. The van der Waals surface area contributed by atoms with Crippen molar-refractivity contribution in [3.63, 3.8) is 0 Å². The Bertz CT molecular complexity index is 2440. The Morgan fingerprint density at radius 2 is 0.793 bits per heavy atom. The molecule has 0 atom stereocenters. The smallest absolute Gasteiger partial charge is 0.335 e. The molecule has 0 saturated carbocycles. The zero-order valence-electron chi connectivity index (χ0n) is 35.8. The van der Waals surface area contributed by atoms with E-state index in [4.69, 9.17) is 14.6 Å². The fourth-order valence-corrected chi connectivity index (χ4v) is 8.17. The second-order valence-electron chi connectivity index (χ2n) is 19.2. The van der Waals surface area contributed by atoms with Crippen LogP contribution < -0.4 is 5.46 Å². The number of rotatable bonds is 7. The van der Waals surface area contributed by atoms with Crippen LogP contribution in [0.25, 0.3) is 67.0 Å². The molecule has 3 nitrogen and oxygen atoms in total. The molecule has 1 aliphatic heterocycles. The number of pyridine rings is 2. The molecule has 0 N–H and O–H groups in total. The third kappa shape index (κ3) is 7.47. The summed E-state index contributed by atoms with van der Waals surface area (Å²) in [5.41, 5.74) is 17.3. The molecule has 0 bridgehead atoms. The summed E-state index contributed by atoms with van der Waals surface area (Å²) in [4.78, 5) is 9.47. The molecular weight excluding hydrogens is 703 g/mol. The van der Waals surface area contributed by atoms with Crippen molar-refractivity contribution in [2.45, 2.75) is 91.0 Å². The van der Waals surface area contributed by atoms with E-state index >= 15 is 0 Å². The molecule has 1 fully saturated rings. The summed E-state index contributed by atoms with van der Waals surface area (Å²) in [5.74, 6) is 0. The summed E-state index contributed by atoms with van der Waals surface area (Å²) in [6.07, 6.45) is 3.85. The van der Waals surface area contributed by atoms with Gasteiger partial charge in [-0.25, -0.2) is 0 Å². The highest BCUT2D eigenvalue weighted by Gasteiger charge is 2.59. The summed E-state index contributed by atoms with van der Waals surface area (Å²) in [6.45, 7) is 22.5. The van der Waals surface area contributed by atoms with Crippen LogP contribution in [0.1, 0.15) is 80.4 Å². The molecule has 58 heavy (non-hydrogen) atoms. The first-order valence-electron chi connectivity index (χ1n) is 20.7. The lowest BCUT2D eigenvalue weighted by atomic mass is 9.33. The van der Waals surface area contributed by atoms with E-state index in [9.17, 15) is 0 Å². The second kappa shape index (κ2) is 14.7. The topological polar surface area (TPSA) is 35.0 Å². The first kappa shape index (κ1) is 39.3. The normalized spacial score (nSPS) is 14.9. The molecule has 4 heteroatoms. The van der Waals surface area contributed by atoms with E-state index in [1.807, 2.05) is 12.4 Å². The lowest BCUT2D eigenvalue weighted by Gasteiger charge is -2.57. The van der Waals surface area contributed by atoms with Crippen molar-refractivity contribution in [2.24, 2.45) is 0 Å². The van der Waals surface area contributed by atoms with E-state index in [0.717, 1.165) is 22.5 Å². The second-order valence-corrected chi connectivity index (χ2v) is 19.2. The van der Waals surface area contributed by atoms with Crippen molar-refractivity contribution < 1.29 is 4.65 Å². The Kier molecular flexibility index (Phi) is 9.93. The maximum absolute atomic E-state index is 6.70. The fraction of sp³-hybridized carbons (Fsp3) is 0.259. The monoisotopic (exact) mass is 758 g/mol. The van der Waals surface area contributed by atoms with Crippen LogP contribution >= 0.6 is 0 Å². The zero-order valence-corrected chi connectivity index (χ0v) is 35.8. The molecule has 1 aliphatic rings. The summed E-state index contributed by atoms with van der Waals surface area (Å²) >= 11 is 0. The maximum atomic E-state index is 6.70. The van der Waals surface area contributed by atoms with E-state index < -0.39 is 0 Å². The minimum absolute atomic E-state index is 0.0354. The van der Waals surface area contributed by atoms with Gasteiger partial charge in [-0.05, 0) is 116 Å². The van der Waals surface area contributed by atoms with Crippen LogP contribution in [0.5, 0.6) is 0 Å². The molecule has 8 rings (SSSR count). The summed E-state index contributed by atoms with van der Waals surface area (Å²) in [6, 6.07) is 51.1. The maximum Gasteiger partial charge on any atom is 0.335 e. The van der Waals surface area contributed by atoms with E-state index in [2.05, 4.69) is 209 Å². The van der Waals surface area contributed by atoms with Crippen molar-refractivity contribution in [2.75, 3.05) is 0 Å². The van der Waals surface area contributed by atoms with Gasteiger partial charge in [0.05, 0.1) is 11.4 Å². The van der Waals surface area contributed by atoms with Crippen LogP contribution in [0, 0.1) is 0 Å².